The molecule has 0 radical (unpaired) electrons. The van der Waals surface area contributed by atoms with E-state index in [0.29, 0.717) is 11.1 Å². The van der Waals surface area contributed by atoms with Crippen LogP contribution in [0.25, 0.3) is 11.1 Å². The highest BCUT2D eigenvalue weighted by Crippen LogP contribution is 2.18. The first kappa shape index (κ1) is 12.4. The van der Waals surface area contributed by atoms with Gasteiger partial charge in [-0.05, 0) is 39.3 Å². The highest BCUT2D eigenvalue weighted by molar-refractivity contribution is 5.86. The van der Waals surface area contributed by atoms with Gasteiger partial charge in [-0.15, -0.1) is 0 Å². The van der Waals surface area contributed by atoms with Gasteiger partial charge in [0.1, 0.15) is 11.1 Å². The standard InChI is InChI=1S/C13H15NO4/c1-8-6-5-7-9-10(8)17-11(15)14(9)12(16)18-13(2,3)4/h5-7H,1-4H3. The zero-order valence-corrected chi connectivity index (χ0v) is 10.8. The van der Waals surface area contributed by atoms with Crippen molar-refractivity contribution in [3.8, 4) is 0 Å². The van der Waals surface area contributed by atoms with Crippen LogP contribution in [0.4, 0.5) is 4.79 Å². The fourth-order valence-corrected chi connectivity index (χ4v) is 1.66. The SMILES string of the molecule is Cc1cccc2c1oc(=O)n2C(=O)OC(C)(C)C. The van der Waals surface area contributed by atoms with Gasteiger partial charge in [0.2, 0.25) is 0 Å². The molecule has 0 spiro atoms. The minimum absolute atomic E-state index is 0.411. The van der Waals surface area contributed by atoms with E-state index in [9.17, 15) is 9.59 Å². The zero-order valence-electron chi connectivity index (χ0n) is 10.8. The zero-order chi connectivity index (χ0) is 13.5. The molecular formula is C13H15NO4. The lowest BCUT2D eigenvalue weighted by molar-refractivity contribution is 0.0532. The van der Waals surface area contributed by atoms with E-state index in [4.69, 9.17) is 9.15 Å². The molecule has 2 aromatic rings. The molecule has 0 atom stereocenters. The molecule has 2 rings (SSSR count). The lowest BCUT2D eigenvalue weighted by atomic mass is 10.2. The first-order valence-electron chi connectivity index (χ1n) is 5.64. The summed E-state index contributed by atoms with van der Waals surface area (Å²) in [7, 11) is 0. The number of carbonyl (C=O) groups excluding carboxylic acids is 1. The number of hydrogen-bond acceptors (Lipinski definition) is 4. The average molecular weight is 249 g/mol. The minimum atomic E-state index is -0.728. The van der Waals surface area contributed by atoms with Gasteiger partial charge in [0.25, 0.3) is 0 Å². The Hall–Kier alpha value is -2.04. The molecule has 0 N–H and O–H groups in total. The summed E-state index contributed by atoms with van der Waals surface area (Å²) in [4.78, 5) is 23.7. The van der Waals surface area contributed by atoms with Crippen LogP contribution in [0, 0.1) is 6.92 Å². The monoisotopic (exact) mass is 249 g/mol. The summed E-state index contributed by atoms with van der Waals surface area (Å²) in [5.41, 5.74) is 0.971. The highest BCUT2D eigenvalue weighted by Gasteiger charge is 2.23. The number of carbonyl (C=O) groups is 1. The Kier molecular flexibility index (Phi) is 2.77. The largest absolute Gasteiger partial charge is 0.443 e. The van der Waals surface area contributed by atoms with Crippen LogP contribution in [0.15, 0.2) is 27.4 Å². The fourth-order valence-electron chi connectivity index (χ4n) is 1.66. The third kappa shape index (κ3) is 2.16. The van der Waals surface area contributed by atoms with Crippen molar-refractivity contribution < 1.29 is 13.9 Å². The summed E-state index contributed by atoms with van der Waals surface area (Å²) in [6, 6.07) is 5.22. The van der Waals surface area contributed by atoms with Crippen molar-refractivity contribution in [1.29, 1.82) is 0 Å². The van der Waals surface area contributed by atoms with Gasteiger partial charge in [-0.2, -0.15) is 4.57 Å². The van der Waals surface area contributed by atoms with Crippen LogP contribution in [-0.2, 0) is 4.74 Å². The van der Waals surface area contributed by atoms with Crippen LogP contribution in [0.1, 0.15) is 26.3 Å². The predicted molar refractivity (Wildman–Crippen MR) is 66.8 cm³/mol. The Labute approximate surface area is 104 Å². The van der Waals surface area contributed by atoms with Crippen molar-refractivity contribution in [2.75, 3.05) is 0 Å². The van der Waals surface area contributed by atoms with Crippen molar-refractivity contribution in [2.45, 2.75) is 33.3 Å². The number of ether oxygens (including phenoxy) is 1. The number of fused-ring (bicyclic) bond motifs is 1. The quantitative estimate of drug-likeness (QED) is 0.720. The van der Waals surface area contributed by atoms with Crippen molar-refractivity contribution in [3.05, 3.63) is 34.3 Å². The molecule has 0 saturated carbocycles. The van der Waals surface area contributed by atoms with E-state index in [0.717, 1.165) is 10.1 Å². The molecule has 1 aromatic carbocycles. The molecule has 96 valence electrons. The second-order valence-electron chi connectivity index (χ2n) is 5.11. The predicted octanol–water partition coefficient (Wildman–Crippen LogP) is 2.69. The Morgan fingerprint density at radius 1 is 1.33 bits per heavy atom. The Morgan fingerprint density at radius 2 is 2.00 bits per heavy atom. The first-order chi connectivity index (χ1) is 8.29. The molecule has 1 heterocycles. The molecule has 0 aliphatic rings. The minimum Gasteiger partial charge on any atom is -0.443 e. The summed E-state index contributed by atoms with van der Waals surface area (Å²) in [6.07, 6.45) is -0.725. The number of aryl methyl sites for hydroxylation is 1. The topological polar surface area (TPSA) is 61.4 Å². The maximum absolute atomic E-state index is 11.9. The first-order valence-corrected chi connectivity index (χ1v) is 5.64. The number of aromatic nitrogens is 1. The molecule has 18 heavy (non-hydrogen) atoms. The molecular weight excluding hydrogens is 234 g/mol. The van der Waals surface area contributed by atoms with Gasteiger partial charge < -0.3 is 9.15 Å². The highest BCUT2D eigenvalue weighted by atomic mass is 16.6. The molecule has 5 nitrogen and oxygen atoms in total. The summed E-state index contributed by atoms with van der Waals surface area (Å²) in [6.45, 7) is 7.03. The molecule has 1 aromatic heterocycles. The van der Waals surface area contributed by atoms with Gasteiger partial charge in [-0.3, -0.25) is 0 Å². The maximum atomic E-state index is 11.9. The van der Waals surface area contributed by atoms with Gasteiger partial charge in [0.05, 0.1) is 0 Å². The van der Waals surface area contributed by atoms with Crippen LogP contribution in [0.2, 0.25) is 0 Å². The van der Waals surface area contributed by atoms with E-state index in [1.54, 1.807) is 32.9 Å². The molecule has 0 aliphatic carbocycles. The maximum Gasteiger partial charge on any atom is 0.429 e. The van der Waals surface area contributed by atoms with Crippen molar-refractivity contribution in [2.24, 2.45) is 0 Å². The van der Waals surface area contributed by atoms with Gasteiger partial charge >= 0.3 is 11.8 Å². The molecule has 0 saturated heterocycles. The Balaban J connectivity index is 2.58. The second-order valence-corrected chi connectivity index (χ2v) is 5.11. The van der Waals surface area contributed by atoms with E-state index in [1.165, 1.54) is 0 Å². The van der Waals surface area contributed by atoms with Crippen molar-refractivity contribution in [3.63, 3.8) is 0 Å². The van der Waals surface area contributed by atoms with E-state index in [2.05, 4.69) is 0 Å². The van der Waals surface area contributed by atoms with E-state index in [1.807, 2.05) is 13.0 Å². The van der Waals surface area contributed by atoms with Crippen LogP contribution in [0.5, 0.6) is 0 Å². The second kappa shape index (κ2) is 4.01. The van der Waals surface area contributed by atoms with E-state index < -0.39 is 17.5 Å². The van der Waals surface area contributed by atoms with Crippen LogP contribution in [0.3, 0.4) is 0 Å². The smallest absolute Gasteiger partial charge is 0.429 e. The average Bonchev–Trinajstić information content (AvgIpc) is 2.53. The Bertz CT molecular complexity index is 658. The summed E-state index contributed by atoms with van der Waals surface area (Å²) >= 11 is 0. The molecule has 0 unspecified atom stereocenters. The summed E-state index contributed by atoms with van der Waals surface area (Å²) in [5.74, 6) is -0.728. The number of oxazole rings is 1. The van der Waals surface area contributed by atoms with Gasteiger partial charge in [0.15, 0.2) is 5.58 Å². The van der Waals surface area contributed by atoms with E-state index in [-0.39, 0.29) is 0 Å². The molecule has 0 bridgehead atoms. The fraction of sp³-hybridized carbons (Fsp3) is 0.385. The van der Waals surface area contributed by atoms with Crippen molar-refractivity contribution in [1.82, 2.24) is 4.57 Å². The molecule has 0 aliphatic heterocycles. The summed E-state index contributed by atoms with van der Waals surface area (Å²) < 4.78 is 11.2. The number of hydrogen-bond donors (Lipinski definition) is 0. The number of nitrogens with zero attached hydrogens (tertiary/aromatic N) is 1. The molecule has 5 heteroatoms. The third-order valence-corrected chi connectivity index (χ3v) is 2.38. The normalized spacial score (nSPS) is 11.8. The Morgan fingerprint density at radius 3 is 2.61 bits per heavy atom. The molecule has 0 fully saturated rings. The van der Waals surface area contributed by atoms with Crippen LogP contribution in [-0.4, -0.2) is 16.3 Å². The van der Waals surface area contributed by atoms with Crippen LogP contribution >= 0.6 is 0 Å². The van der Waals surface area contributed by atoms with Crippen molar-refractivity contribution >= 4 is 17.2 Å². The lowest BCUT2D eigenvalue weighted by Gasteiger charge is -2.18. The number of benzene rings is 1. The van der Waals surface area contributed by atoms with Crippen LogP contribution < -0.4 is 5.76 Å². The van der Waals surface area contributed by atoms with E-state index >= 15 is 0 Å². The van der Waals surface area contributed by atoms with Gasteiger partial charge in [-0.25, -0.2) is 9.59 Å². The summed E-state index contributed by atoms with van der Waals surface area (Å²) in [5, 5.41) is 0. The number of rotatable bonds is 0. The van der Waals surface area contributed by atoms with Gasteiger partial charge in [0, 0.05) is 0 Å². The van der Waals surface area contributed by atoms with Gasteiger partial charge in [-0.1, -0.05) is 12.1 Å². The number of para-hydroxylation sites is 1. The molecule has 0 amide bonds. The third-order valence-electron chi connectivity index (χ3n) is 2.38. The lowest BCUT2D eigenvalue weighted by Crippen LogP contribution is -2.31.